The highest BCUT2D eigenvalue weighted by molar-refractivity contribution is 6.32. The third kappa shape index (κ3) is 2.73. The molecule has 0 amide bonds. The van der Waals surface area contributed by atoms with Crippen molar-refractivity contribution in [3.05, 3.63) is 22.8 Å². The van der Waals surface area contributed by atoms with Gasteiger partial charge in [-0.05, 0) is 31.7 Å². The summed E-state index contributed by atoms with van der Waals surface area (Å²) in [5.41, 5.74) is 0.473. The SMILES string of the molecule is O=Cc1cnc(OC2CCCCC2)c(Cl)c1. The summed E-state index contributed by atoms with van der Waals surface area (Å²) in [5, 5.41) is 0.412. The van der Waals surface area contributed by atoms with Crippen LogP contribution in [-0.4, -0.2) is 17.4 Å². The van der Waals surface area contributed by atoms with Crippen LogP contribution in [-0.2, 0) is 0 Å². The van der Waals surface area contributed by atoms with E-state index in [2.05, 4.69) is 4.98 Å². The van der Waals surface area contributed by atoms with E-state index in [0.29, 0.717) is 16.5 Å². The quantitative estimate of drug-likeness (QED) is 0.760. The number of halogens is 1. The maximum absolute atomic E-state index is 10.5. The molecule has 86 valence electrons. The molecule has 2 rings (SSSR count). The first-order chi connectivity index (χ1) is 7.79. The minimum absolute atomic E-state index is 0.223. The van der Waals surface area contributed by atoms with Crippen LogP contribution in [0.3, 0.4) is 0 Å². The van der Waals surface area contributed by atoms with Crippen LogP contribution in [0, 0.1) is 0 Å². The number of hydrogen-bond acceptors (Lipinski definition) is 3. The first-order valence-corrected chi connectivity index (χ1v) is 5.95. The third-order valence-corrected chi connectivity index (χ3v) is 3.07. The molecule has 1 heterocycles. The van der Waals surface area contributed by atoms with Gasteiger partial charge in [-0.3, -0.25) is 4.79 Å². The molecule has 1 aliphatic rings. The second-order valence-corrected chi connectivity index (χ2v) is 4.46. The highest BCUT2D eigenvalue weighted by Crippen LogP contribution is 2.27. The summed E-state index contributed by atoms with van der Waals surface area (Å²) < 4.78 is 5.73. The maximum atomic E-state index is 10.5. The molecule has 1 aliphatic carbocycles. The van der Waals surface area contributed by atoms with Crippen molar-refractivity contribution in [2.24, 2.45) is 0 Å². The molecule has 1 saturated carbocycles. The Morgan fingerprint density at radius 3 is 2.75 bits per heavy atom. The predicted molar refractivity (Wildman–Crippen MR) is 62.1 cm³/mol. The lowest BCUT2D eigenvalue weighted by atomic mass is 9.98. The smallest absolute Gasteiger partial charge is 0.232 e. The molecule has 0 N–H and O–H groups in total. The fourth-order valence-corrected chi connectivity index (χ4v) is 2.15. The van der Waals surface area contributed by atoms with Gasteiger partial charge in [-0.1, -0.05) is 18.0 Å². The Morgan fingerprint density at radius 1 is 1.38 bits per heavy atom. The van der Waals surface area contributed by atoms with Crippen LogP contribution in [0.1, 0.15) is 42.5 Å². The van der Waals surface area contributed by atoms with Crippen LogP contribution in [0.15, 0.2) is 12.3 Å². The topological polar surface area (TPSA) is 39.2 Å². The summed E-state index contributed by atoms with van der Waals surface area (Å²) in [6, 6.07) is 1.58. The molecule has 0 unspecified atom stereocenters. The Hall–Kier alpha value is -1.09. The van der Waals surface area contributed by atoms with E-state index in [0.717, 1.165) is 19.1 Å². The molecule has 0 spiro atoms. The molecule has 1 aromatic rings. The van der Waals surface area contributed by atoms with Crippen molar-refractivity contribution in [2.45, 2.75) is 38.2 Å². The molecule has 1 aromatic heterocycles. The zero-order chi connectivity index (χ0) is 11.4. The van der Waals surface area contributed by atoms with Gasteiger partial charge in [0.05, 0.1) is 0 Å². The number of carbonyl (C=O) groups is 1. The summed E-state index contributed by atoms with van der Waals surface area (Å²) in [5.74, 6) is 0.444. The van der Waals surface area contributed by atoms with Crippen LogP contribution >= 0.6 is 11.6 Å². The van der Waals surface area contributed by atoms with Crippen LogP contribution in [0.25, 0.3) is 0 Å². The number of carbonyl (C=O) groups excluding carboxylic acids is 1. The van der Waals surface area contributed by atoms with Gasteiger partial charge in [0.1, 0.15) is 11.1 Å². The van der Waals surface area contributed by atoms with Crippen LogP contribution in [0.4, 0.5) is 0 Å². The van der Waals surface area contributed by atoms with E-state index in [9.17, 15) is 4.79 Å². The number of pyridine rings is 1. The maximum Gasteiger partial charge on any atom is 0.232 e. The molecule has 0 radical (unpaired) electrons. The molecule has 0 aliphatic heterocycles. The van der Waals surface area contributed by atoms with Gasteiger partial charge < -0.3 is 4.74 Å². The third-order valence-electron chi connectivity index (χ3n) is 2.80. The Bertz CT molecular complexity index is 375. The minimum atomic E-state index is 0.223. The van der Waals surface area contributed by atoms with Gasteiger partial charge in [-0.25, -0.2) is 4.98 Å². The lowest BCUT2D eigenvalue weighted by molar-refractivity contribution is 0.112. The second kappa shape index (κ2) is 5.30. The molecule has 0 aromatic carbocycles. The molecule has 0 saturated heterocycles. The lowest BCUT2D eigenvalue weighted by Gasteiger charge is -2.22. The van der Waals surface area contributed by atoms with E-state index >= 15 is 0 Å². The van der Waals surface area contributed by atoms with Crippen LogP contribution < -0.4 is 4.74 Å². The van der Waals surface area contributed by atoms with Gasteiger partial charge in [0.2, 0.25) is 5.88 Å². The van der Waals surface area contributed by atoms with Crippen molar-refractivity contribution in [3.63, 3.8) is 0 Å². The van der Waals surface area contributed by atoms with Gasteiger partial charge in [0, 0.05) is 11.8 Å². The summed E-state index contributed by atoms with van der Waals surface area (Å²) in [7, 11) is 0. The summed E-state index contributed by atoms with van der Waals surface area (Å²) in [6.45, 7) is 0. The Kier molecular flexibility index (Phi) is 3.78. The first kappa shape index (κ1) is 11.4. The molecule has 16 heavy (non-hydrogen) atoms. The lowest BCUT2D eigenvalue weighted by Crippen LogP contribution is -2.20. The van der Waals surface area contributed by atoms with E-state index in [4.69, 9.17) is 16.3 Å². The minimum Gasteiger partial charge on any atom is -0.473 e. The van der Waals surface area contributed by atoms with Crippen molar-refractivity contribution in [1.29, 1.82) is 0 Å². The normalized spacial score (nSPS) is 17.1. The largest absolute Gasteiger partial charge is 0.473 e. The van der Waals surface area contributed by atoms with E-state index in [-0.39, 0.29) is 6.10 Å². The zero-order valence-electron chi connectivity index (χ0n) is 8.99. The molecule has 4 heteroatoms. The Balaban J connectivity index is 2.05. The zero-order valence-corrected chi connectivity index (χ0v) is 9.74. The summed E-state index contributed by atoms with van der Waals surface area (Å²) >= 11 is 5.98. The standard InChI is InChI=1S/C12H14ClNO2/c13-11-6-9(8-15)7-14-12(11)16-10-4-2-1-3-5-10/h6-8,10H,1-5H2. The average molecular weight is 240 g/mol. The van der Waals surface area contributed by atoms with Gasteiger partial charge in [-0.15, -0.1) is 0 Å². The average Bonchev–Trinajstić information content (AvgIpc) is 2.33. The van der Waals surface area contributed by atoms with Crippen molar-refractivity contribution >= 4 is 17.9 Å². The van der Waals surface area contributed by atoms with Gasteiger partial charge in [0.25, 0.3) is 0 Å². The highest BCUT2D eigenvalue weighted by atomic mass is 35.5. The second-order valence-electron chi connectivity index (χ2n) is 4.05. The Morgan fingerprint density at radius 2 is 2.12 bits per heavy atom. The van der Waals surface area contributed by atoms with Crippen molar-refractivity contribution in [2.75, 3.05) is 0 Å². The van der Waals surface area contributed by atoms with E-state index in [1.54, 1.807) is 6.07 Å². The monoisotopic (exact) mass is 239 g/mol. The molecular weight excluding hydrogens is 226 g/mol. The number of ether oxygens (including phenoxy) is 1. The summed E-state index contributed by atoms with van der Waals surface area (Å²) in [4.78, 5) is 14.6. The van der Waals surface area contributed by atoms with Crippen LogP contribution in [0.2, 0.25) is 5.02 Å². The van der Waals surface area contributed by atoms with E-state index in [1.165, 1.54) is 25.5 Å². The molecule has 1 fully saturated rings. The molecule has 0 bridgehead atoms. The van der Waals surface area contributed by atoms with E-state index in [1.807, 2.05) is 0 Å². The molecule has 0 atom stereocenters. The summed E-state index contributed by atoms with van der Waals surface area (Å²) in [6.07, 6.45) is 8.25. The first-order valence-electron chi connectivity index (χ1n) is 5.57. The number of aldehydes is 1. The highest BCUT2D eigenvalue weighted by Gasteiger charge is 2.16. The van der Waals surface area contributed by atoms with Crippen LogP contribution in [0.5, 0.6) is 5.88 Å². The number of nitrogens with zero attached hydrogens (tertiary/aromatic N) is 1. The molecular formula is C12H14ClNO2. The van der Waals surface area contributed by atoms with Crippen molar-refractivity contribution in [3.8, 4) is 5.88 Å². The predicted octanol–water partition coefficient (Wildman–Crippen LogP) is 3.26. The number of rotatable bonds is 3. The molecule has 3 nitrogen and oxygen atoms in total. The van der Waals surface area contributed by atoms with Crippen molar-refractivity contribution < 1.29 is 9.53 Å². The van der Waals surface area contributed by atoms with Gasteiger partial charge >= 0.3 is 0 Å². The fourth-order valence-electron chi connectivity index (χ4n) is 1.93. The number of aromatic nitrogens is 1. The van der Waals surface area contributed by atoms with Crippen molar-refractivity contribution in [1.82, 2.24) is 4.98 Å². The Labute approximate surface area is 99.8 Å². The fraction of sp³-hybridized carbons (Fsp3) is 0.500. The van der Waals surface area contributed by atoms with Gasteiger partial charge in [0.15, 0.2) is 6.29 Å². The van der Waals surface area contributed by atoms with Gasteiger partial charge in [-0.2, -0.15) is 0 Å². The number of hydrogen-bond donors (Lipinski definition) is 0. The van der Waals surface area contributed by atoms with E-state index < -0.39 is 0 Å².